The molecule has 6 rings (SSSR count). The van der Waals surface area contributed by atoms with Crippen LogP contribution in [0.2, 0.25) is 0 Å². The molecule has 1 N–H and O–H groups in total. The molecular weight excluding hydrogens is 478 g/mol. The smallest absolute Gasteiger partial charge is 0.230 e. The lowest BCUT2D eigenvalue weighted by Crippen LogP contribution is -2.62. The molecule has 214 valence electrons. The van der Waals surface area contributed by atoms with Crippen molar-refractivity contribution in [3.63, 3.8) is 0 Å². The van der Waals surface area contributed by atoms with E-state index in [2.05, 4.69) is 46.5 Å². The van der Waals surface area contributed by atoms with Gasteiger partial charge in [0.2, 0.25) is 5.91 Å². The van der Waals surface area contributed by atoms with Crippen molar-refractivity contribution in [1.29, 1.82) is 0 Å². The first-order valence-corrected chi connectivity index (χ1v) is 16.1. The molecule has 5 aliphatic rings. The first-order chi connectivity index (χ1) is 18.5. The maximum Gasteiger partial charge on any atom is 0.230 e. The van der Waals surface area contributed by atoms with Crippen LogP contribution in [0.25, 0.3) is 0 Å². The molecule has 9 atom stereocenters. The Hall–Kier alpha value is -1.77. The minimum Gasteiger partial charge on any atom is -0.497 e. The summed E-state index contributed by atoms with van der Waals surface area (Å²) in [7, 11) is 1.68. The van der Waals surface area contributed by atoms with Crippen LogP contribution in [0.1, 0.15) is 105 Å². The second-order valence-electron chi connectivity index (χ2n) is 15.7. The number of carbonyl (C=O) groups excluding carboxylic acids is 1. The summed E-state index contributed by atoms with van der Waals surface area (Å²) in [6, 6.07) is 7.85. The lowest BCUT2D eigenvalue weighted by Gasteiger charge is -2.68. The van der Waals surface area contributed by atoms with Crippen molar-refractivity contribution in [1.82, 2.24) is 0 Å². The van der Waals surface area contributed by atoms with Crippen LogP contribution in [-0.4, -0.2) is 13.0 Å². The summed E-state index contributed by atoms with van der Waals surface area (Å²) in [5.41, 5.74) is 3.28. The van der Waals surface area contributed by atoms with Crippen molar-refractivity contribution < 1.29 is 9.53 Å². The standard InChI is InChI=1S/C36H53NO2/c1-23(2)26-15-21-36(32(38)37-24-9-11-25(39-7)12-10-24)22-16-28-27(31(26)36)13-14-30-34(28,5)20-17-29-33(3,4)18-8-19-35(29,30)6/h9-12,26-31H,1,8,13-22H2,2-7H3,(H,37,38)/t26-,27?,28?,29?,30?,31?,34?,35?,36?/m0/s1. The zero-order valence-electron chi connectivity index (χ0n) is 25.6. The maximum absolute atomic E-state index is 14.3. The third-order valence-electron chi connectivity index (χ3n) is 13.8. The topological polar surface area (TPSA) is 38.3 Å². The number of fused-ring (bicyclic) bond motifs is 7. The second-order valence-corrected chi connectivity index (χ2v) is 15.7. The Morgan fingerprint density at radius 3 is 2.28 bits per heavy atom. The molecule has 0 heterocycles. The van der Waals surface area contributed by atoms with Crippen LogP contribution in [0.4, 0.5) is 5.69 Å². The third kappa shape index (κ3) is 3.98. The molecule has 1 aromatic carbocycles. The van der Waals surface area contributed by atoms with E-state index in [-0.39, 0.29) is 11.3 Å². The van der Waals surface area contributed by atoms with Crippen molar-refractivity contribution in [3.05, 3.63) is 36.4 Å². The highest BCUT2D eigenvalue weighted by Crippen LogP contribution is 2.73. The number of nitrogens with one attached hydrogen (secondary N) is 1. The van der Waals surface area contributed by atoms with E-state index in [1.54, 1.807) is 7.11 Å². The van der Waals surface area contributed by atoms with Gasteiger partial charge >= 0.3 is 0 Å². The second kappa shape index (κ2) is 9.38. The average molecular weight is 532 g/mol. The molecule has 0 spiro atoms. The molecule has 0 bridgehead atoms. The zero-order valence-corrected chi connectivity index (χ0v) is 25.6. The summed E-state index contributed by atoms with van der Waals surface area (Å²) in [5, 5.41) is 3.37. The summed E-state index contributed by atoms with van der Waals surface area (Å²) in [4.78, 5) is 14.3. The van der Waals surface area contributed by atoms with Gasteiger partial charge in [-0.15, -0.1) is 0 Å². The molecular formula is C36H53NO2. The Labute approximate surface area is 237 Å². The van der Waals surface area contributed by atoms with Crippen LogP contribution in [0.3, 0.4) is 0 Å². The number of hydrogen-bond donors (Lipinski definition) is 1. The molecule has 0 saturated heterocycles. The number of carbonyl (C=O) groups is 1. The summed E-state index contributed by atoms with van der Waals surface area (Å²) < 4.78 is 5.34. The summed E-state index contributed by atoms with van der Waals surface area (Å²) in [6.07, 6.45) is 14.1. The molecule has 3 heteroatoms. The predicted octanol–water partition coefficient (Wildman–Crippen LogP) is 9.29. The largest absolute Gasteiger partial charge is 0.497 e. The lowest BCUT2D eigenvalue weighted by molar-refractivity contribution is -0.197. The Morgan fingerprint density at radius 1 is 0.872 bits per heavy atom. The first kappa shape index (κ1) is 27.4. The SMILES string of the molecule is C=C(C)[C@@H]1CCC2(C(=O)Nc3ccc(OC)cc3)CCC3C(CCC4C3(C)CCC3C(C)(C)CCCC34C)C12. The number of ether oxygens (including phenoxy) is 1. The molecule has 5 saturated carbocycles. The minimum atomic E-state index is -0.262. The lowest BCUT2D eigenvalue weighted by atomic mass is 9.36. The van der Waals surface area contributed by atoms with E-state index in [0.717, 1.165) is 48.5 Å². The molecule has 5 aliphatic carbocycles. The molecule has 1 aromatic rings. The summed E-state index contributed by atoms with van der Waals surface area (Å²) in [6.45, 7) is 17.3. The van der Waals surface area contributed by atoms with Crippen LogP contribution in [-0.2, 0) is 4.79 Å². The van der Waals surface area contributed by atoms with E-state index >= 15 is 0 Å². The van der Waals surface area contributed by atoms with Gasteiger partial charge in [-0.1, -0.05) is 46.3 Å². The number of hydrogen-bond acceptors (Lipinski definition) is 2. The fourth-order valence-corrected chi connectivity index (χ4v) is 12.2. The Balaban J connectivity index is 1.31. The van der Waals surface area contributed by atoms with Gasteiger partial charge in [-0.2, -0.15) is 0 Å². The van der Waals surface area contributed by atoms with E-state index in [0.29, 0.717) is 34.0 Å². The average Bonchev–Trinajstić information content (AvgIpc) is 3.30. The molecule has 39 heavy (non-hydrogen) atoms. The van der Waals surface area contributed by atoms with Crippen LogP contribution >= 0.6 is 0 Å². The Morgan fingerprint density at radius 2 is 1.59 bits per heavy atom. The number of allylic oxidation sites excluding steroid dienone is 1. The Bertz CT molecular complexity index is 1120. The van der Waals surface area contributed by atoms with Crippen LogP contribution < -0.4 is 10.1 Å². The third-order valence-corrected chi connectivity index (χ3v) is 13.8. The molecule has 0 aliphatic heterocycles. The molecule has 5 fully saturated rings. The van der Waals surface area contributed by atoms with Gasteiger partial charge in [0.25, 0.3) is 0 Å². The van der Waals surface area contributed by atoms with E-state index in [1.165, 1.54) is 56.9 Å². The molecule has 8 unspecified atom stereocenters. The monoisotopic (exact) mass is 531 g/mol. The number of amides is 1. The van der Waals surface area contributed by atoms with Crippen LogP contribution in [0.5, 0.6) is 5.75 Å². The summed E-state index contributed by atoms with van der Waals surface area (Å²) >= 11 is 0. The maximum atomic E-state index is 14.3. The first-order valence-electron chi connectivity index (χ1n) is 16.1. The van der Waals surface area contributed by atoms with Gasteiger partial charge in [0.05, 0.1) is 12.5 Å². The molecule has 1 amide bonds. The van der Waals surface area contributed by atoms with Crippen molar-refractivity contribution in [2.24, 2.45) is 57.2 Å². The quantitative estimate of drug-likeness (QED) is 0.393. The van der Waals surface area contributed by atoms with E-state index < -0.39 is 0 Å². The van der Waals surface area contributed by atoms with Gasteiger partial charge < -0.3 is 10.1 Å². The number of anilines is 1. The van der Waals surface area contributed by atoms with Gasteiger partial charge in [0, 0.05) is 5.69 Å². The van der Waals surface area contributed by atoms with Crippen LogP contribution in [0.15, 0.2) is 36.4 Å². The highest BCUT2D eigenvalue weighted by Gasteiger charge is 2.67. The molecule has 0 radical (unpaired) electrons. The Kier molecular flexibility index (Phi) is 6.59. The molecule has 0 aromatic heterocycles. The van der Waals surface area contributed by atoms with Gasteiger partial charge in [0.1, 0.15) is 5.75 Å². The van der Waals surface area contributed by atoms with E-state index in [4.69, 9.17) is 4.74 Å². The van der Waals surface area contributed by atoms with Gasteiger partial charge in [-0.25, -0.2) is 0 Å². The van der Waals surface area contributed by atoms with Crippen molar-refractivity contribution in [2.45, 2.75) is 105 Å². The normalized spacial score (nSPS) is 44.3. The van der Waals surface area contributed by atoms with Gasteiger partial charge in [-0.05, 0) is 147 Å². The number of methoxy groups -OCH3 is 1. The highest BCUT2D eigenvalue weighted by molar-refractivity contribution is 5.96. The van der Waals surface area contributed by atoms with E-state index in [1.807, 2.05) is 24.3 Å². The fraction of sp³-hybridized carbons (Fsp3) is 0.750. The summed E-state index contributed by atoms with van der Waals surface area (Å²) in [5.74, 6) is 5.06. The molecule has 3 nitrogen and oxygen atoms in total. The highest BCUT2D eigenvalue weighted by atomic mass is 16.5. The number of rotatable bonds is 4. The van der Waals surface area contributed by atoms with Crippen LogP contribution in [0, 0.1) is 57.2 Å². The minimum absolute atomic E-state index is 0.261. The predicted molar refractivity (Wildman–Crippen MR) is 161 cm³/mol. The van der Waals surface area contributed by atoms with Crippen molar-refractivity contribution in [3.8, 4) is 5.75 Å². The zero-order chi connectivity index (χ0) is 27.8. The van der Waals surface area contributed by atoms with Gasteiger partial charge in [-0.3, -0.25) is 4.79 Å². The fourth-order valence-electron chi connectivity index (χ4n) is 12.2. The van der Waals surface area contributed by atoms with E-state index in [9.17, 15) is 4.79 Å². The van der Waals surface area contributed by atoms with Crippen molar-refractivity contribution in [2.75, 3.05) is 12.4 Å². The number of benzene rings is 1. The van der Waals surface area contributed by atoms with Gasteiger partial charge in [0.15, 0.2) is 0 Å². The van der Waals surface area contributed by atoms with Crippen molar-refractivity contribution >= 4 is 11.6 Å².